The summed E-state index contributed by atoms with van der Waals surface area (Å²) in [5.74, 6) is 1.63. The van der Waals surface area contributed by atoms with Crippen molar-refractivity contribution in [2.24, 2.45) is 5.92 Å². The van der Waals surface area contributed by atoms with Crippen LogP contribution in [0.1, 0.15) is 52.4 Å². The van der Waals surface area contributed by atoms with Gasteiger partial charge >= 0.3 is 0 Å². The van der Waals surface area contributed by atoms with Crippen molar-refractivity contribution in [2.75, 3.05) is 13.7 Å². The molecule has 0 radical (unpaired) electrons. The van der Waals surface area contributed by atoms with E-state index in [1.54, 1.807) is 13.2 Å². The zero-order valence-corrected chi connectivity index (χ0v) is 16.5. The number of ether oxygens (including phenoxy) is 1. The van der Waals surface area contributed by atoms with Gasteiger partial charge in [-0.05, 0) is 78.8 Å². The predicted octanol–water partition coefficient (Wildman–Crippen LogP) is 4.27. The Labute approximate surface area is 162 Å². The van der Waals surface area contributed by atoms with Crippen molar-refractivity contribution >= 4 is 21.8 Å². The highest BCUT2D eigenvalue weighted by Crippen LogP contribution is 2.36. The highest BCUT2D eigenvalue weighted by atomic mass is 79.9. The van der Waals surface area contributed by atoms with E-state index in [2.05, 4.69) is 44.4 Å². The first-order valence-electron chi connectivity index (χ1n) is 9.26. The molecular weight excluding hydrogens is 392 g/mol. The number of benzene rings is 1. The molecule has 0 aliphatic heterocycles. The van der Waals surface area contributed by atoms with E-state index in [1.165, 1.54) is 24.0 Å². The molecule has 2 aromatic rings. The van der Waals surface area contributed by atoms with Gasteiger partial charge in [0.25, 0.3) is 5.91 Å². The lowest BCUT2D eigenvalue weighted by Crippen LogP contribution is -2.24. The first kappa shape index (κ1) is 17.5. The molecule has 1 aromatic heterocycles. The number of halogens is 1. The molecule has 136 valence electrons. The third kappa shape index (κ3) is 3.78. The van der Waals surface area contributed by atoms with Crippen LogP contribution in [0, 0.1) is 5.92 Å². The number of fused-ring (bicyclic) bond motifs is 1. The van der Waals surface area contributed by atoms with Gasteiger partial charge in [0, 0.05) is 11.5 Å². The molecule has 1 heterocycles. The summed E-state index contributed by atoms with van der Waals surface area (Å²) in [6.45, 7) is 0.752. The highest BCUT2D eigenvalue weighted by molar-refractivity contribution is 9.10. The van der Waals surface area contributed by atoms with Crippen LogP contribution >= 0.6 is 15.9 Å². The first-order valence-corrected chi connectivity index (χ1v) is 10.1. The van der Waals surface area contributed by atoms with Crippen LogP contribution in [0.5, 0.6) is 5.75 Å². The topological polar surface area (TPSA) is 51.2 Å². The Morgan fingerprint density at radius 1 is 1.27 bits per heavy atom. The van der Waals surface area contributed by atoms with Gasteiger partial charge in [-0.25, -0.2) is 4.98 Å². The van der Waals surface area contributed by atoms with Gasteiger partial charge in [0.2, 0.25) is 0 Å². The van der Waals surface area contributed by atoms with Crippen molar-refractivity contribution < 1.29 is 9.53 Å². The molecule has 1 atom stereocenters. The number of nitrogens with zero attached hydrogens (tertiary/aromatic N) is 1. The number of aromatic nitrogens is 1. The van der Waals surface area contributed by atoms with E-state index in [0.29, 0.717) is 11.6 Å². The number of aryl methyl sites for hydroxylation is 1. The average molecular weight is 415 g/mol. The molecule has 1 aromatic carbocycles. The first-order chi connectivity index (χ1) is 12.6. The smallest absolute Gasteiger partial charge is 0.269 e. The lowest BCUT2D eigenvalue weighted by atomic mass is 9.79. The summed E-state index contributed by atoms with van der Waals surface area (Å²) in [4.78, 5) is 16.8. The summed E-state index contributed by atoms with van der Waals surface area (Å²) < 4.78 is 7.04. The molecule has 26 heavy (non-hydrogen) atoms. The minimum Gasteiger partial charge on any atom is -0.492 e. The maximum absolute atomic E-state index is 12.3. The molecule has 4 rings (SSSR count). The Kier molecular flexibility index (Phi) is 4.98. The van der Waals surface area contributed by atoms with Gasteiger partial charge in [0.1, 0.15) is 11.4 Å². The quantitative estimate of drug-likeness (QED) is 0.794. The number of hydrogen-bond acceptors (Lipinski definition) is 3. The largest absolute Gasteiger partial charge is 0.492 e. The van der Waals surface area contributed by atoms with Crippen molar-refractivity contribution in [2.45, 2.75) is 38.0 Å². The Bertz CT molecular complexity index is 833. The van der Waals surface area contributed by atoms with Crippen molar-refractivity contribution in [3.05, 3.63) is 57.3 Å². The fraction of sp³-hybridized carbons (Fsp3) is 0.429. The van der Waals surface area contributed by atoms with Gasteiger partial charge in [-0.15, -0.1) is 0 Å². The van der Waals surface area contributed by atoms with Crippen LogP contribution in [0.3, 0.4) is 0 Å². The second-order valence-corrected chi connectivity index (χ2v) is 8.21. The lowest BCUT2D eigenvalue weighted by molar-refractivity contribution is 0.0956. The fourth-order valence-corrected chi connectivity index (χ4v) is 4.06. The van der Waals surface area contributed by atoms with E-state index >= 15 is 0 Å². The lowest BCUT2D eigenvalue weighted by Gasteiger charge is -2.26. The van der Waals surface area contributed by atoms with Crippen molar-refractivity contribution in [3.63, 3.8) is 0 Å². The van der Waals surface area contributed by atoms with E-state index in [-0.39, 0.29) is 11.8 Å². The minimum absolute atomic E-state index is 0.129. The van der Waals surface area contributed by atoms with Crippen molar-refractivity contribution in [1.82, 2.24) is 10.3 Å². The summed E-state index contributed by atoms with van der Waals surface area (Å²) in [6, 6.07) is 8.52. The number of nitrogens with one attached hydrogen (secondary N) is 1. The third-order valence-electron chi connectivity index (χ3n) is 5.35. The molecule has 4 nitrogen and oxygen atoms in total. The molecule has 2 aliphatic rings. The maximum atomic E-state index is 12.3. The number of amides is 1. The Hall–Kier alpha value is -1.88. The molecule has 5 heteroatoms. The predicted molar refractivity (Wildman–Crippen MR) is 105 cm³/mol. The van der Waals surface area contributed by atoms with Crippen LogP contribution in [0.25, 0.3) is 0 Å². The zero-order chi connectivity index (χ0) is 18.1. The molecule has 1 saturated carbocycles. The standard InChI is InChI=1S/C21H23BrN2O2/c1-23-21(25)20-19(10-18(11-24-20)26-12-13-2-3-13)16-5-4-15-9-17(22)7-6-14(15)8-16/h6-7,9-11,13,16H,2-5,8,12H2,1H3,(H,23,25)/t16-/m0/s1. The number of hydrogen-bond donors (Lipinski definition) is 1. The molecule has 0 saturated heterocycles. The summed E-state index contributed by atoms with van der Waals surface area (Å²) >= 11 is 3.55. The second kappa shape index (κ2) is 7.39. The van der Waals surface area contributed by atoms with Gasteiger partial charge in [-0.1, -0.05) is 22.0 Å². The number of carbonyl (C=O) groups excluding carboxylic acids is 1. The molecule has 2 aliphatic carbocycles. The Morgan fingerprint density at radius 3 is 2.88 bits per heavy atom. The molecule has 0 bridgehead atoms. The highest BCUT2D eigenvalue weighted by Gasteiger charge is 2.26. The number of carbonyl (C=O) groups is 1. The molecule has 1 amide bonds. The third-order valence-corrected chi connectivity index (χ3v) is 5.85. The summed E-state index contributed by atoms with van der Waals surface area (Å²) in [6.07, 6.45) is 7.16. The molecular formula is C21H23BrN2O2. The summed E-state index contributed by atoms with van der Waals surface area (Å²) in [7, 11) is 1.65. The van der Waals surface area contributed by atoms with Crippen LogP contribution in [-0.4, -0.2) is 24.5 Å². The molecule has 1 fully saturated rings. The van der Waals surface area contributed by atoms with Crippen LogP contribution in [0.2, 0.25) is 0 Å². The van der Waals surface area contributed by atoms with Gasteiger partial charge < -0.3 is 10.1 Å². The van der Waals surface area contributed by atoms with E-state index in [0.717, 1.165) is 41.7 Å². The second-order valence-electron chi connectivity index (χ2n) is 7.30. The van der Waals surface area contributed by atoms with Crippen LogP contribution in [0.4, 0.5) is 0 Å². The molecule has 0 unspecified atom stereocenters. The van der Waals surface area contributed by atoms with E-state index in [9.17, 15) is 4.79 Å². The van der Waals surface area contributed by atoms with E-state index in [4.69, 9.17) is 4.74 Å². The summed E-state index contributed by atoms with van der Waals surface area (Å²) in [5, 5.41) is 2.72. The number of pyridine rings is 1. The van der Waals surface area contributed by atoms with Gasteiger partial charge in [0.05, 0.1) is 12.8 Å². The fourth-order valence-electron chi connectivity index (χ4n) is 3.65. The van der Waals surface area contributed by atoms with Crippen LogP contribution in [-0.2, 0) is 12.8 Å². The van der Waals surface area contributed by atoms with Crippen molar-refractivity contribution in [3.8, 4) is 5.75 Å². The van der Waals surface area contributed by atoms with Gasteiger partial charge in [-0.2, -0.15) is 0 Å². The van der Waals surface area contributed by atoms with Gasteiger partial charge in [0.15, 0.2) is 0 Å². The van der Waals surface area contributed by atoms with Crippen molar-refractivity contribution in [1.29, 1.82) is 0 Å². The molecule has 1 N–H and O–H groups in total. The minimum atomic E-state index is -0.129. The zero-order valence-electron chi connectivity index (χ0n) is 14.9. The number of rotatable bonds is 5. The normalized spacial score (nSPS) is 18.9. The Morgan fingerprint density at radius 2 is 2.12 bits per heavy atom. The Balaban J connectivity index is 1.62. The average Bonchev–Trinajstić information content (AvgIpc) is 3.49. The summed E-state index contributed by atoms with van der Waals surface area (Å²) in [5.41, 5.74) is 4.28. The maximum Gasteiger partial charge on any atom is 0.269 e. The monoisotopic (exact) mass is 414 g/mol. The van der Waals surface area contributed by atoms with E-state index in [1.807, 2.05) is 6.07 Å². The van der Waals surface area contributed by atoms with Crippen LogP contribution in [0.15, 0.2) is 34.9 Å². The SMILES string of the molecule is CNC(=O)c1ncc(OCC2CC2)cc1[C@H]1CCc2cc(Br)ccc2C1. The van der Waals surface area contributed by atoms with Gasteiger partial charge in [-0.3, -0.25) is 4.79 Å². The van der Waals surface area contributed by atoms with Crippen LogP contribution < -0.4 is 10.1 Å². The van der Waals surface area contributed by atoms with E-state index < -0.39 is 0 Å². The molecule has 0 spiro atoms.